The number of aromatic nitrogens is 1. The quantitative estimate of drug-likeness (QED) is 0.553. The molecule has 1 aromatic carbocycles. The van der Waals surface area contributed by atoms with E-state index >= 15 is 0 Å². The van der Waals surface area contributed by atoms with E-state index in [2.05, 4.69) is 4.98 Å². The van der Waals surface area contributed by atoms with Gasteiger partial charge in [0.2, 0.25) is 0 Å². The molecule has 29 heavy (non-hydrogen) atoms. The molecular weight excluding hydrogens is 384 g/mol. The van der Waals surface area contributed by atoms with E-state index < -0.39 is 0 Å². The first-order valence-corrected chi connectivity index (χ1v) is 10.5. The molecule has 0 atom stereocenters. The summed E-state index contributed by atoms with van der Waals surface area (Å²) in [5, 5.41) is 0. The van der Waals surface area contributed by atoms with Gasteiger partial charge in [-0.1, -0.05) is 30.3 Å². The lowest BCUT2D eigenvalue weighted by Crippen LogP contribution is -2.56. The summed E-state index contributed by atoms with van der Waals surface area (Å²) in [6, 6.07) is 16.8. The normalized spacial score (nSPS) is 13.8. The maximum absolute atomic E-state index is 12.7. The summed E-state index contributed by atoms with van der Waals surface area (Å²) in [6.07, 6.45) is 2.84. The Hall–Kier alpha value is -2.99. The van der Waals surface area contributed by atoms with E-state index in [4.69, 9.17) is 4.74 Å². The fraction of sp³-hybridized carbons (Fsp3) is 0.261. The van der Waals surface area contributed by atoms with E-state index in [1.54, 1.807) is 11.1 Å². The number of rotatable bonds is 7. The van der Waals surface area contributed by atoms with Gasteiger partial charge in [0.05, 0.1) is 18.0 Å². The van der Waals surface area contributed by atoms with Crippen LogP contribution in [-0.4, -0.2) is 40.8 Å². The van der Waals surface area contributed by atoms with Crippen LogP contribution in [0.1, 0.15) is 37.0 Å². The molecule has 0 N–H and O–H groups in total. The molecule has 0 bridgehead atoms. The van der Waals surface area contributed by atoms with E-state index in [-0.39, 0.29) is 17.8 Å². The highest BCUT2D eigenvalue weighted by Gasteiger charge is 2.33. The van der Waals surface area contributed by atoms with Gasteiger partial charge in [-0.25, -0.2) is 0 Å². The maximum atomic E-state index is 12.7. The molecule has 2 aromatic heterocycles. The van der Waals surface area contributed by atoms with Crippen LogP contribution in [0, 0.1) is 6.92 Å². The number of pyridine rings is 1. The third-order valence-electron chi connectivity index (χ3n) is 4.87. The number of ketones is 1. The molecule has 0 aliphatic carbocycles. The molecule has 3 aromatic rings. The second kappa shape index (κ2) is 8.57. The summed E-state index contributed by atoms with van der Waals surface area (Å²) in [7, 11) is 0. The van der Waals surface area contributed by atoms with Crippen LogP contribution in [0.3, 0.4) is 0 Å². The van der Waals surface area contributed by atoms with E-state index in [1.807, 2.05) is 61.5 Å². The van der Waals surface area contributed by atoms with Gasteiger partial charge in [-0.3, -0.25) is 14.6 Å². The maximum Gasteiger partial charge on any atom is 0.264 e. The third kappa shape index (κ3) is 4.71. The lowest BCUT2D eigenvalue weighted by Gasteiger charge is -2.38. The SMILES string of the molecule is Cc1cc(OC2CN(C(=O)c3ccc(CCC(=O)c4ccccc4)s3)C2)ccn1. The minimum absolute atomic E-state index is 0.0173. The Labute approximate surface area is 174 Å². The number of carbonyl (C=O) groups excluding carboxylic acids is 2. The highest BCUT2D eigenvalue weighted by molar-refractivity contribution is 7.14. The smallest absolute Gasteiger partial charge is 0.264 e. The Morgan fingerprint density at radius 1 is 1.14 bits per heavy atom. The van der Waals surface area contributed by atoms with Crippen molar-refractivity contribution in [1.29, 1.82) is 0 Å². The van der Waals surface area contributed by atoms with E-state index in [9.17, 15) is 9.59 Å². The van der Waals surface area contributed by atoms with Gasteiger partial charge in [0.25, 0.3) is 5.91 Å². The van der Waals surface area contributed by atoms with Crippen molar-refractivity contribution in [3.05, 3.63) is 81.8 Å². The predicted octanol–water partition coefficient (Wildman–Crippen LogP) is 4.17. The molecule has 6 heteroatoms. The van der Waals surface area contributed by atoms with Gasteiger partial charge in [0, 0.05) is 34.8 Å². The Morgan fingerprint density at radius 3 is 2.69 bits per heavy atom. The van der Waals surface area contributed by atoms with Gasteiger partial charge in [0.15, 0.2) is 5.78 Å². The third-order valence-corrected chi connectivity index (χ3v) is 6.01. The van der Waals surface area contributed by atoms with Crippen molar-refractivity contribution in [2.24, 2.45) is 0 Å². The predicted molar refractivity (Wildman–Crippen MR) is 113 cm³/mol. The Kier molecular flexibility index (Phi) is 5.71. The number of carbonyl (C=O) groups is 2. The molecule has 1 aliphatic heterocycles. The number of aryl methyl sites for hydroxylation is 2. The highest BCUT2D eigenvalue weighted by atomic mass is 32.1. The van der Waals surface area contributed by atoms with Crippen LogP contribution in [0.25, 0.3) is 0 Å². The van der Waals surface area contributed by atoms with Gasteiger partial charge in [-0.15, -0.1) is 11.3 Å². The van der Waals surface area contributed by atoms with Crippen molar-refractivity contribution < 1.29 is 14.3 Å². The fourth-order valence-electron chi connectivity index (χ4n) is 3.25. The molecule has 5 nitrogen and oxygen atoms in total. The van der Waals surface area contributed by atoms with Crippen LogP contribution >= 0.6 is 11.3 Å². The zero-order chi connectivity index (χ0) is 20.2. The number of Topliss-reactive ketones (excluding diaryl/α,β-unsaturated/α-hetero) is 1. The fourth-order valence-corrected chi connectivity index (χ4v) is 4.23. The van der Waals surface area contributed by atoms with Crippen molar-refractivity contribution in [3.63, 3.8) is 0 Å². The number of likely N-dealkylation sites (tertiary alicyclic amines) is 1. The van der Waals surface area contributed by atoms with Crippen molar-refractivity contribution in [1.82, 2.24) is 9.88 Å². The summed E-state index contributed by atoms with van der Waals surface area (Å²) in [4.78, 5) is 32.6. The minimum Gasteiger partial charge on any atom is -0.487 e. The molecule has 3 heterocycles. The van der Waals surface area contributed by atoms with Gasteiger partial charge < -0.3 is 9.64 Å². The second-order valence-corrected chi connectivity index (χ2v) is 8.31. The van der Waals surface area contributed by atoms with Crippen molar-refractivity contribution in [2.75, 3.05) is 13.1 Å². The lowest BCUT2D eigenvalue weighted by atomic mass is 10.1. The number of amides is 1. The molecule has 0 radical (unpaired) electrons. The largest absolute Gasteiger partial charge is 0.487 e. The van der Waals surface area contributed by atoms with E-state index in [0.717, 1.165) is 21.9 Å². The van der Waals surface area contributed by atoms with E-state index in [0.29, 0.717) is 30.8 Å². The number of ether oxygens (including phenoxy) is 1. The average Bonchev–Trinajstić information content (AvgIpc) is 3.18. The van der Waals surface area contributed by atoms with Crippen LogP contribution < -0.4 is 4.74 Å². The number of hydrogen-bond acceptors (Lipinski definition) is 5. The minimum atomic E-state index is 0.0173. The Morgan fingerprint density at radius 2 is 1.93 bits per heavy atom. The first-order valence-electron chi connectivity index (χ1n) is 9.64. The number of benzene rings is 1. The van der Waals surface area contributed by atoms with Crippen LogP contribution in [0.4, 0.5) is 0 Å². The summed E-state index contributed by atoms with van der Waals surface area (Å²) >= 11 is 1.47. The first-order chi connectivity index (χ1) is 14.1. The summed E-state index contributed by atoms with van der Waals surface area (Å²) in [6.45, 7) is 3.09. The zero-order valence-electron chi connectivity index (χ0n) is 16.2. The van der Waals surface area contributed by atoms with Gasteiger partial charge in [0.1, 0.15) is 11.9 Å². The molecule has 0 saturated carbocycles. The van der Waals surface area contributed by atoms with Crippen LogP contribution in [0.5, 0.6) is 5.75 Å². The summed E-state index contributed by atoms with van der Waals surface area (Å²) < 4.78 is 5.89. The molecule has 148 valence electrons. The molecule has 0 unspecified atom stereocenters. The molecule has 1 aliphatic rings. The summed E-state index contributed by atoms with van der Waals surface area (Å²) in [5.74, 6) is 0.943. The standard InChI is InChI=1S/C23H22N2O3S/c1-16-13-18(11-12-24-16)28-19-14-25(15-19)23(27)22-10-8-20(29-22)7-9-21(26)17-5-3-2-4-6-17/h2-6,8,10-13,19H,7,9,14-15H2,1H3. The van der Waals surface area contributed by atoms with Gasteiger partial charge in [-0.2, -0.15) is 0 Å². The molecule has 0 spiro atoms. The molecule has 1 amide bonds. The van der Waals surface area contributed by atoms with E-state index in [1.165, 1.54) is 11.3 Å². The van der Waals surface area contributed by atoms with Gasteiger partial charge in [-0.05, 0) is 31.5 Å². The molecular formula is C23H22N2O3S. The summed E-state index contributed by atoms with van der Waals surface area (Å²) in [5.41, 5.74) is 1.64. The second-order valence-electron chi connectivity index (χ2n) is 7.14. The molecule has 4 rings (SSSR count). The van der Waals surface area contributed by atoms with Crippen molar-refractivity contribution in [3.8, 4) is 5.75 Å². The highest BCUT2D eigenvalue weighted by Crippen LogP contribution is 2.24. The lowest BCUT2D eigenvalue weighted by molar-refractivity contribution is 0.0181. The van der Waals surface area contributed by atoms with Crippen molar-refractivity contribution in [2.45, 2.75) is 25.9 Å². The Bertz CT molecular complexity index is 1010. The topological polar surface area (TPSA) is 59.5 Å². The van der Waals surface area contributed by atoms with Crippen LogP contribution in [-0.2, 0) is 6.42 Å². The first kappa shape index (κ1) is 19.3. The monoisotopic (exact) mass is 406 g/mol. The van der Waals surface area contributed by atoms with Crippen molar-refractivity contribution >= 4 is 23.0 Å². The zero-order valence-corrected chi connectivity index (χ0v) is 17.0. The average molecular weight is 407 g/mol. The number of nitrogens with zero attached hydrogens (tertiary/aromatic N) is 2. The Balaban J connectivity index is 1.26. The van der Waals surface area contributed by atoms with Gasteiger partial charge >= 0.3 is 0 Å². The molecule has 1 fully saturated rings. The number of thiophene rings is 1. The van der Waals surface area contributed by atoms with Crippen LogP contribution in [0.15, 0.2) is 60.8 Å². The molecule has 1 saturated heterocycles. The van der Waals surface area contributed by atoms with Crippen LogP contribution in [0.2, 0.25) is 0 Å². The number of hydrogen-bond donors (Lipinski definition) is 0.